The molecule has 9 rings (SSSR count). The molecule has 2 aliphatic heterocycles. The fourth-order valence-electron chi connectivity index (χ4n) is 8.63. The van der Waals surface area contributed by atoms with Crippen LogP contribution in [0.2, 0.25) is 25.9 Å². The van der Waals surface area contributed by atoms with E-state index in [1.165, 1.54) is 23.5 Å². The van der Waals surface area contributed by atoms with Gasteiger partial charge in [0.15, 0.2) is 8.07 Å². The minimum atomic E-state index is -4.62. The van der Waals surface area contributed by atoms with Crippen LogP contribution in [0, 0.1) is 0 Å². The van der Waals surface area contributed by atoms with Crippen LogP contribution >= 0.6 is 23.5 Å². The fraction of sp³-hybridized carbons (Fsp3) is 0.160. The molecule has 0 bridgehead atoms. The van der Waals surface area contributed by atoms with E-state index in [1.807, 2.05) is 72.8 Å². The molecule has 0 N–H and O–H groups in total. The van der Waals surface area contributed by atoms with Crippen LogP contribution in [-0.2, 0) is 5.41 Å². The first kappa shape index (κ1) is 25.2. The van der Waals surface area contributed by atoms with E-state index in [4.69, 9.17) is 8.22 Å². The van der Waals surface area contributed by atoms with Gasteiger partial charge < -0.3 is 0 Å². The van der Waals surface area contributed by atoms with Gasteiger partial charge in [-0.2, -0.15) is 0 Å². The van der Waals surface area contributed by atoms with Crippen molar-refractivity contribution >= 4 is 89.2 Å². The van der Waals surface area contributed by atoms with Gasteiger partial charge in [-0.1, -0.05) is 222 Å². The number of rotatable bonds is 5. The van der Waals surface area contributed by atoms with Crippen LogP contribution in [0.15, 0.2) is 183 Å². The summed E-state index contributed by atoms with van der Waals surface area (Å²) in [5.41, 5.74) is 2.08. The molecule has 0 saturated carbocycles. The molecule has 0 aliphatic carbocycles. The number of hydrogen-bond acceptors (Lipinski definition) is 2. The van der Waals surface area contributed by atoms with Crippen molar-refractivity contribution in [1.29, 1.82) is 0 Å². The molecule has 55 heavy (non-hydrogen) atoms. The quantitative estimate of drug-likeness (QED) is 0.126. The standard InChI is InChI=1S/C50H48S2Si3/c1-50(2,3)40-33-32-37(34-39(40)38-24-18-29-45-48(38)51-41-25-14-16-27-43(41)53(45,4)5)55(35-20-10-8-11-21-35,36-22-12-9-13-23-36)47-31-19-30-46-49(47)52-42-26-15-17-28-44(42)54(46,6)7/h8-34H,1-7H3/i4D3,5D3,6D3,7D3. The van der Waals surface area contributed by atoms with Gasteiger partial charge in [0.2, 0.25) is 0 Å². The zero-order chi connectivity index (χ0) is 48.2. The maximum absolute atomic E-state index is 9.21. The molecule has 0 unspecified atom stereocenters. The second kappa shape index (κ2) is 13.5. The third-order valence-corrected chi connectivity index (χ3v) is 24.3. The Bertz CT molecular complexity index is 2960. The molecular formula is C50H48S2Si3. The smallest absolute Gasteiger partial charge is 0.0904 e. The lowest BCUT2D eigenvalue weighted by Crippen LogP contribution is -2.76. The van der Waals surface area contributed by atoms with Crippen molar-refractivity contribution < 1.29 is 16.4 Å². The van der Waals surface area contributed by atoms with Gasteiger partial charge in [0, 0.05) is 36.0 Å². The van der Waals surface area contributed by atoms with Crippen LogP contribution < -0.4 is 41.5 Å². The minimum Gasteiger partial charge on any atom is -0.0904 e. The highest BCUT2D eigenvalue weighted by atomic mass is 32.2. The number of fused-ring (bicyclic) bond motifs is 4. The van der Waals surface area contributed by atoms with Gasteiger partial charge in [-0.3, -0.25) is 0 Å². The molecule has 2 aliphatic rings. The van der Waals surface area contributed by atoms with E-state index in [0.29, 0.717) is 40.3 Å². The summed E-state index contributed by atoms with van der Waals surface area (Å²) in [6.45, 7) is -4.97. The molecule has 0 radical (unpaired) electrons. The molecule has 272 valence electrons. The van der Waals surface area contributed by atoms with Gasteiger partial charge in [0.25, 0.3) is 0 Å². The van der Waals surface area contributed by atoms with Crippen molar-refractivity contribution in [3.63, 3.8) is 0 Å². The van der Waals surface area contributed by atoms with Gasteiger partial charge in [-0.05, 0) is 75.7 Å². The number of hydrogen-bond donors (Lipinski definition) is 0. The second-order valence-corrected chi connectivity index (χ2v) is 26.6. The highest BCUT2D eigenvalue weighted by Gasteiger charge is 2.47. The summed E-state index contributed by atoms with van der Waals surface area (Å²) in [5, 5.41) is 5.27. The van der Waals surface area contributed by atoms with E-state index in [0.717, 1.165) is 37.4 Å². The zero-order valence-electron chi connectivity index (χ0n) is 42.9. The van der Waals surface area contributed by atoms with Crippen LogP contribution in [0.1, 0.15) is 42.8 Å². The third-order valence-electron chi connectivity index (χ3n) is 11.2. The van der Waals surface area contributed by atoms with Gasteiger partial charge in [0.1, 0.15) is 16.1 Å². The van der Waals surface area contributed by atoms with Gasteiger partial charge >= 0.3 is 0 Å². The number of benzene rings is 7. The molecule has 5 heteroatoms. The Morgan fingerprint density at radius 2 is 0.945 bits per heavy atom. The summed E-state index contributed by atoms with van der Waals surface area (Å²) in [4.78, 5) is 2.51. The summed E-state index contributed by atoms with van der Waals surface area (Å²) >= 11 is 2.86. The second-order valence-electron chi connectivity index (χ2n) is 15.6. The Balaban J connectivity index is 1.44. The van der Waals surface area contributed by atoms with Crippen LogP contribution in [0.25, 0.3) is 11.1 Å². The van der Waals surface area contributed by atoms with Gasteiger partial charge in [-0.25, -0.2) is 0 Å². The lowest BCUT2D eigenvalue weighted by molar-refractivity contribution is 0.592. The maximum atomic E-state index is 9.21. The Morgan fingerprint density at radius 3 is 1.51 bits per heavy atom. The molecule has 0 nitrogen and oxygen atoms in total. The van der Waals surface area contributed by atoms with E-state index in [2.05, 4.69) is 69.3 Å². The first-order chi connectivity index (χ1) is 31.4. The third kappa shape index (κ3) is 5.76. The van der Waals surface area contributed by atoms with E-state index >= 15 is 0 Å². The lowest BCUT2D eigenvalue weighted by Gasteiger charge is -2.40. The molecule has 0 aromatic heterocycles. The Kier molecular flexibility index (Phi) is 6.20. The fourth-order valence-corrected chi connectivity index (χ4v) is 22.4. The van der Waals surface area contributed by atoms with Crippen molar-refractivity contribution in [2.75, 3.05) is 0 Å². The molecule has 7 aromatic carbocycles. The average Bonchev–Trinajstić information content (AvgIpc) is 3.26. The van der Waals surface area contributed by atoms with E-state index in [1.54, 1.807) is 42.5 Å². The molecule has 0 amide bonds. The van der Waals surface area contributed by atoms with E-state index in [9.17, 15) is 8.22 Å². The highest BCUT2D eigenvalue weighted by Crippen LogP contribution is 2.42. The van der Waals surface area contributed by atoms with Gasteiger partial charge in [0.05, 0.1) is 0 Å². The molecular weight excluding hydrogens is 749 g/mol. The predicted molar refractivity (Wildman–Crippen MR) is 249 cm³/mol. The van der Waals surface area contributed by atoms with Crippen molar-refractivity contribution in [2.24, 2.45) is 0 Å². The minimum absolute atomic E-state index is 0.358. The monoisotopic (exact) mass is 808 g/mol. The Hall–Kier alpha value is -4.11. The Morgan fingerprint density at radius 1 is 0.455 bits per heavy atom. The lowest BCUT2D eigenvalue weighted by atomic mass is 9.82. The van der Waals surface area contributed by atoms with Gasteiger partial charge in [-0.15, -0.1) is 0 Å². The molecule has 0 saturated heterocycles. The summed E-state index contributed by atoms with van der Waals surface area (Å²) in [7, 11) is -12.8. The largest absolute Gasteiger partial charge is 0.180 e. The van der Waals surface area contributed by atoms with Crippen LogP contribution in [0.3, 0.4) is 0 Å². The highest BCUT2D eigenvalue weighted by molar-refractivity contribution is 8.00. The maximum Gasteiger partial charge on any atom is 0.180 e. The first-order valence-electron chi connectivity index (χ1n) is 24.5. The van der Waals surface area contributed by atoms with E-state index < -0.39 is 55.5 Å². The van der Waals surface area contributed by atoms with Crippen molar-refractivity contribution in [3.8, 4) is 11.1 Å². The summed E-state index contributed by atoms with van der Waals surface area (Å²) in [5.74, 6) is 0. The normalized spacial score (nSPS) is 19.5. The zero-order valence-corrected chi connectivity index (χ0v) is 35.5. The SMILES string of the molecule is [2H]C([2H])([2H])[Si]1(C([2H])([2H])[2H])c2ccccc2Sc2c(-c3cc([Si](c4ccccc4)(c4ccccc4)c4cccc5c4Sc4ccccc4[Si]5(C([2H])([2H])[2H])C([2H])([2H])[2H])ccc3C(C)(C)C)cccc21. The first-order valence-corrected chi connectivity index (χ1v) is 26.2. The molecule has 0 spiro atoms. The van der Waals surface area contributed by atoms with Crippen molar-refractivity contribution in [2.45, 2.75) is 71.7 Å². The Labute approximate surface area is 356 Å². The van der Waals surface area contributed by atoms with Crippen molar-refractivity contribution in [3.05, 3.63) is 169 Å². The summed E-state index contributed by atoms with van der Waals surface area (Å²) in [6, 6.07) is 52.2. The summed E-state index contributed by atoms with van der Waals surface area (Å²) < 4.78 is 110. The molecule has 7 aromatic rings. The molecule has 0 fully saturated rings. The average molecular weight is 809 g/mol. The summed E-state index contributed by atoms with van der Waals surface area (Å²) in [6.07, 6.45) is 0. The molecule has 0 atom stereocenters. The van der Waals surface area contributed by atoms with E-state index in [-0.39, 0.29) is 0 Å². The topological polar surface area (TPSA) is 0 Å². The molecule has 2 heterocycles. The van der Waals surface area contributed by atoms with Crippen molar-refractivity contribution in [1.82, 2.24) is 0 Å². The van der Waals surface area contributed by atoms with Crippen LogP contribution in [0.5, 0.6) is 0 Å². The predicted octanol–water partition coefficient (Wildman–Crippen LogP) is 8.60. The van der Waals surface area contributed by atoms with Crippen LogP contribution in [-0.4, -0.2) is 24.2 Å². The van der Waals surface area contributed by atoms with Crippen LogP contribution in [0.4, 0.5) is 0 Å².